The van der Waals surface area contributed by atoms with Crippen LogP contribution in [0.5, 0.6) is 0 Å². The number of nitrogens with two attached hydrogens (primary N) is 1. The Balaban J connectivity index is 1.59. The molecule has 1 aliphatic rings. The van der Waals surface area contributed by atoms with Crippen molar-refractivity contribution in [2.45, 2.75) is 25.8 Å². The van der Waals surface area contributed by atoms with E-state index < -0.39 is 11.7 Å². The summed E-state index contributed by atoms with van der Waals surface area (Å²) in [6.07, 6.45) is 8.84. The topological polar surface area (TPSA) is 89.1 Å². The molecule has 3 aromatic heterocycles. The van der Waals surface area contributed by atoms with Gasteiger partial charge in [-0.2, -0.15) is 0 Å². The van der Waals surface area contributed by atoms with Crippen molar-refractivity contribution in [1.82, 2.24) is 19.4 Å². The van der Waals surface area contributed by atoms with Gasteiger partial charge < -0.3 is 20.5 Å². The van der Waals surface area contributed by atoms with E-state index in [0.29, 0.717) is 5.69 Å². The second-order valence-corrected chi connectivity index (χ2v) is 7.01. The van der Waals surface area contributed by atoms with Crippen LogP contribution in [0.2, 0.25) is 0 Å². The fraction of sp³-hybridized carbons (Fsp3) is 0.350. The molecule has 0 spiro atoms. The zero-order chi connectivity index (χ0) is 19.5. The van der Waals surface area contributed by atoms with Crippen LogP contribution in [0, 0.1) is 5.82 Å². The largest absolute Gasteiger partial charge is 0.365 e. The second kappa shape index (κ2) is 7.93. The number of pyridine rings is 2. The lowest BCUT2D eigenvalue weighted by Crippen LogP contribution is -2.32. The molecule has 0 bridgehead atoms. The smallest absolute Gasteiger partial charge is 0.255 e. The maximum absolute atomic E-state index is 14.0. The number of anilines is 2. The van der Waals surface area contributed by atoms with E-state index in [2.05, 4.69) is 24.8 Å². The number of likely N-dealkylation sites (tertiary alicyclic amines) is 1. The van der Waals surface area contributed by atoms with Crippen LogP contribution in [-0.2, 0) is 6.54 Å². The Labute approximate surface area is 162 Å². The van der Waals surface area contributed by atoms with Crippen molar-refractivity contribution in [3.8, 4) is 0 Å². The standard InChI is InChI=1S/C20H23FN6O/c21-15-4-7-23-19(17(15)18(22)28)25-16-5-8-24-20-14(16)6-11-27(20)13-12-26-9-2-1-3-10-26/h4-8,11H,1-3,9-10,12-13H2,(H2,22,28)(H,23,24,25). The van der Waals surface area contributed by atoms with Crippen LogP contribution in [0.15, 0.2) is 36.8 Å². The molecule has 28 heavy (non-hydrogen) atoms. The fourth-order valence-electron chi connectivity index (χ4n) is 3.71. The Morgan fingerprint density at radius 3 is 2.68 bits per heavy atom. The van der Waals surface area contributed by atoms with Crippen molar-refractivity contribution in [2.24, 2.45) is 5.73 Å². The third-order valence-corrected chi connectivity index (χ3v) is 5.17. The maximum Gasteiger partial charge on any atom is 0.255 e. The van der Waals surface area contributed by atoms with Gasteiger partial charge in [-0.05, 0) is 44.1 Å². The minimum atomic E-state index is -0.863. The van der Waals surface area contributed by atoms with Gasteiger partial charge in [-0.1, -0.05) is 6.42 Å². The third-order valence-electron chi connectivity index (χ3n) is 5.17. The molecule has 3 N–H and O–H groups in total. The number of hydrogen-bond donors (Lipinski definition) is 2. The Bertz CT molecular complexity index is 996. The fourth-order valence-corrected chi connectivity index (χ4v) is 3.71. The molecular formula is C20H23FN6O. The number of nitrogens with one attached hydrogen (secondary N) is 1. The van der Waals surface area contributed by atoms with E-state index in [9.17, 15) is 9.18 Å². The van der Waals surface area contributed by atoms with Gasteiger partial charge in [0.05, 0.1) is 5.69 Å². The summed E-state index contributed by atoms with van der Waals surface area (Å²) in [5.74, 6) is -1.46. The van der Waals surface area contributed by atoms with E-state index in [1.807, 2.05) is 12.3 Å². The molecule has 0 radical (unpaired) electrons. The average molecular weight is 382 g/mol. The zero-order valence-electron chi connectivity index (χ0n) is 15.6. The highest BCUT2D eigenvalue weighted by Gasteiger charge is 2.17. The van der Waals surface area contributed by atoms with Gasteiger partial charge >= 0.3 is 0 Å². The molecular weight excluding hydrogens is 359 g/mol. The van der Waals surface area contributed by atoms with E-state index in [0.717, 1.165) is 43.3 Å². The van der Waals surface area contributed by atoms with E-state index in [4.69, 9.17) is 5.73 Å². The summed E-state index contributed by atoms with van der Waals surface area (Å²) in [7, 11) is 0. The monoisotopic (exact) mass is 382 g/mol. The van der Waals surface area contributed by atoms with E-state index in [-0.39, 0.29) is 11.4 Å². The number of piperidine rings is 1. The predicted molar refractivity (Wildman–Crippen MR) is 106 cm³/mol. The minimum absolute atomic E-state index is 0.0982. The highest BCUT2D eigenvalue weighted by atomic mass is 19.1. The first-order valence-corrected chi connectivity index (χ1v) is 9.51. The van der Waals surface area contributed by atoms with Crippen molar-refractivity contribution in [1.29, 1.82) is 0 Å². The number of rotatable bonds is 6. The Morgan fingerprint density at radius 2 is 1.89 bits per heavy atom. The van der Waals surface area contributed by atoms with Crippen molar-refractivity contribution >= 4 is 28.4 Å². The lowest BCUT2D eigenvalue weighted by molar-refractivity contribution is 0.0997. The highest BCUT2D eigenvalue weighted by molar-refractivity contribution is 6.00. The molecule has 0 atom stereocenters. The Kier molecular flexibility index (Phi) is 5.21. The lowest BCUT2D eigenvalue weighted by atomic mass is 10.1. The number of amides is 1. The van der Waals surface area contributed by atoms with Crippen LogP contribution in [-0.4, -0.2) is 45.0 Å². The van der Waals surface area contributed by atoms with Gasteiger partial charge in [0, 0.05) is 37.1 Å². The SMILES string of the molecule is NC(=O)c1c(F)ccnc1Nc1ccnc2c1ccn2CCN1CCCCC1. The molecule has 4 rings (SSSR count). The van der Waals surface area contributed by atoms with Crippen LogP contribution in [0.4, 0.5) is 15.9 Å². The molecule has 8 heteroatoms. The molecule has 0 saturated carbocycles. The summed E-state index contributed by atoms with van der Waals surface area (Å²) in [4.78, 5) is 22.7. The number of hydrogen-bond acceptors (Lipinski definition) is 5. The number of primary amides is 1. The zero-order valence-corrected chi connectivity index (χ0v) is 15.6. The summed E-state index contributed by atoms with van der Waals surface area (Å²) in [6, 6.07) is 4.85. The molecule has 146 valence electrons. The van der Waals surface area contributed by atoms with Crippen molar-refractivity contribution in [2.75, 3.05) is 25.0 Å². The Hall–Kier alpha value is -3.00. The summed E-state index contributed by atoms with van der Waals surface area (Å²) < 4.78 is 16.1. The third kappa shape index (κ3) is 3.68. The molecule has 7 nitrogen and oxygen atoms in total. The predicted octanol–water partition coefficient (Wildman–Crippen LogP) is 2.90. The quantitative estimate of drug-likeness (QED) is 0.684. The Morgan fingerprint density at radius 1 is 1.11 bits per heavy atom. The second-order valence-electron chi connectivity index (χ2n) is 7.01. The summed E-state index contributed by atoms with van der Waals surface area (Å²) >= 11 is 0. The molecule has 1 amide bonds. The minimum Gasteiger partial charge on any atom is -0.365 e. The van der Waals surface area contributed by atoms with Crippen LogP contribution in [0.25, 0.3) is 11.0 Å². The van der Waals surface area contributed by atoms with Crippen LogP contribution in [0.3, 0.4) is 0 Å². The molecule has 1 fully saturated rings. The molecule has 0 aromatic carbocycles. The van der Waals surface area contributed by atoms with Gasteiger partial charge in [0.2, 0.25) is 0 Å². The number of fused-ring (bicyclic) bond motifs is 1. The van der Waals surface area contributed by atoms with Crippen LogP contribution >= 0.6 is 0 Å². The maximum atomic E-state index is 14.0. The summed E-state index contributed by atoms with van der Waals surface area (Å²) in [5.41, 5.74) is 6.59. The van der Waals surface area contributed by atoms with E-state index in [1.165, 1.54) is 25.5 Å². The molecule has 3 aromatic rings. The van der Waals surface area contributed by atoms with Crippen molar-refractivity contribution in [3.63, 3.8) is 0 Å². The van der Waals surface area contributed by atoms with Gasteiger partial charge in [-0.25, -0.2) is 14.4 Å². The lowest BCUT2D eigenvalue weighted by Gasteiger charge is -2.26. The van der Waals surface area contributed by atoms with Crippen LogP contribution < -0.4 is 11.1 Å². The van der Waals surface area contributed by atoms with Gasteiger partial charge in [0.25, 0.3) is 5.91 Å². The van der Waals surface area contributed by atoms with Gasteiger partial charge in [0.1, 0.15) is 22.8 Å². The number of carbonyl (C=O) groups is 1. The number of nitrogens with zero attached hydrogens (tertiary/aromatic N) is 4. The number of carbonyl (C=O) groups excluding carboxylic acids is 1. The first kappa shape index (κ1) is 18.4. The normalized spacial score (nSPS) is 15.0. The molecule has 0 unspecified atom stereocenters. The average Bonchev–Trinajstić information content (AvgIpc) is 3.11. The number of halogens is 1. The van der Waals surface area contributed by atoms with Gasteiger partial charge in [-0.3, -0.25) is 4.79 Å². The molecule has 1 aliphatic heterocycles. The molecule has 0 aliphatic carbocycles. The van der Waals surface area contributed by atoms with Crippen LogP contribution in [0.1, 0.15) is 29.6 Å². The summed E-state index contributed by atoms with van der Waals surface area (Å²) in [6.45, 7) is 4.15. The number of aromatic nitrogens is 3. The first-order valence-electron chi connectivity index (χ1n) is 9.51. The van der Waals surface area contributed by atoms with Gasteiger partial charge in [-0.15, -0.1) is 0 Å². The van der Waals surface area contributed by atoms with E-state index >= 15 is 0 Å². The molecule has 4 heterocycles. The van der Waals surface area contributed by atoms with Crippen molar-refractivity contribution < 1.29 is 9.18 Å². The first-order chi connectivity index (χ1) is 13.6. The van der Waals surface area contributed by atoms with Gasteiger partial charge in [0.15, 0.2) is 0 Å². The highest BCUT2D eigenvalue weighted by Crippen LogP contribution is 2.27. The van der Waals surface area contributed by atoms with E-state index in [1.54, 1.807) is 12.3 Å². The summed E-state index contributed by atoms with van der Waals surface area (Å²) in [5, 5.41) is 3.92. The molecule has 1 saturated heterocycles. The van der Waals surface area contributed by atoms with Crippen molar-refractivity contribution in [3.05, 3.63) is 48.2 Å².